The molecule has 0 fully saturated rings. The number of anilines is 2. The number of hydrogen-bond donors (Lipinski definition) is 1. The quantitative estimate of drug-likeness (QED) is 0.932. The first kappa shape index (κ1) is 13.7. The van der Waals surface area contributed by atoms with Gasteiger partial charge in [-0.05, 0) is 30.0 Å². The molecule has 0 saturated heterocycles. The van der Waals surface area contributed by atoms with Crippen LogP contribution in [0, 0.1) is 11.3 Å². The number of nitrogens with zero attached hydrogens (tertiary/aromatic N) is 3. The summed E-state index contributed by atoms with van der Waals surface area (Å²) in [6.45, 7) is 0. The highest BCUT2D eigenvalue weighted by Gasteiger charge is 2.06. The van der Waals surface area contributed by atoms with E-state index in [1.807, 2.05) is 30.5 Å². The highest BCUT2D eigenvalue weighted by atomic mass is 35.5. The molecule has 0 spiro atoms. The van der Waals surface area contributed by atoms with Gasteiger partial charge in [-0.25, -0.2) is 9.97 Å². The van der Waals surface area contributed by atoms with Crippen molar-refractivity contribution in [3.05, 3.63) is 46.9 Å². The van der Waals surface area contributed by atoms with Crippen LogP contribution in [0.1, 0.15) is 11.3 Å². The molecule has 0 aliphatic carbocycles. The Hall–Kier alpha value is -1.77. The third kappa shape index (κ3) is 3.37. The molecule has 4 nitrogen and oxygen atoms in total. The van der Waals surface area contributed by atoms with Crippen LogP contribution in [0.15, 0.2) is 30.6 Å². The molecule has 0 aliphatic heterocycles. The van der Waals surface area contributed by atoms with E-state index >= 15 is 0 Å². The van der Waals surface area contributed by atoms with Crippen LogP contribution in [-0.4, -0.2) is 16.2 Å². The molecule has 1 heterocycles. The van der Waals surface area contributed by atoms with Gasteiger partial charge in [0.15, 0.2) is 11.5 Å². The van der Waals surface area contributed by atoms with E-state index in [1.165, 1.54) is 6.20 Å². The monoisotopic (exact) mass is 290 g/mol. The van der Waals surface area contributed by atoms with Crippen molar-refractivity contribution in [3.8, 4) is 6.07 Å². The molecule has 2 rings (SSSR count). The van der Waals surface area contributed by atoms with Crippen LogP contribution in [0.2, 0.25) is 5.02 Å². The molecule has 0 aliphatic rings. The third-order valence-corrected chi connectivity index (χ3v) is 3.38. The van der Waals surface area contributed by atoms with E-state index in [0.29, 0.717) is 5.82 Å². The summed E-state index contributed by atoms with van der Waals surface area (Å²) in [5.74, 6) is 1.28. The van der Waals surface area contributed by atoms with Gasteiger partial charge in [-0.15, -0.1) is 0 Å². The average molecular weight is 291 g/mol. The number of halogens is 1. The second-order valence-electron chi connectivity index (χ2n) is 3.73. The van der Waals surface area contributed by atoms with Crippen LogP contribution in [0.4, 0.5) is 11.5 Å². The summed E-state index contributed by atoms with van der Waals surface area (Å²) < 4.78 is 0. The number of aromatic nitrogens is 2. The van der Waals surface area contributed by atoms with Crippen LogP contribution in [0.25, 0.3) is 0 Å². The van der Waals surface area contributed by atoms with E-state index in [0.717, 1.165) is 22.0 Å². The summed E-state index contributed by atoms with van der Waals surface area (Å²) in [5, 5.41) is 12.8. The van der Waals surface area contributed by atoms with Crippen molar-refractivity contribution in [1.29, 1.82) is 5.26 Å². The Balaban J connectivity index is 2.29. The first-order chi connectivity index (χ1) is 9.24. The lowest BCUT2D eigenvalue weighted by Crippen LogP contribution is -1.99. The second-order valence-corrected chi connectivity index (χ2v) is 5.00. The fraction of sp³-hybridized carbons (Fsp3) is 0.154. The van der Waals surface area contributed by atoms with Crippen molar-refractivity contribution in [2.45, 2.75) is 5.75 Å². The smallest absolute Gasteiger partial charge is 0.183 e. The van der Waals surface area contributed by atoms with Crippen molar-refractivity contribution in [2.24, 2.45) is 0 Å². The van der Waals surface area contributed by atoms with Crippen molar-refractivity contribution >= 4 is 34.9 Å². The molecule has 1 N–H and O–H groups in total. The van der Waals surface area contributed by atoms with Gasteiger partial charge in [0.05, 0.1) is 0 Å². The first-order valence-electron chi connectivity index (χ1n) is 5.50. The second kappa shape index (κ2) is 6.41. The van der Waals surface area contributed by atoms with Gasteiger partial charge in [0.1, 0.15) is 6.07 Å². The molecule has 0 radical (unpaired) electrons. The van der Waals surface area contributed by atoms with Crippen molar-refractivity contribution < 1.29 is 0 Å². The predicted octanol–water partition coefficient (Wildman–Crippen LogP) is 3.61. The Morgan fingerprint density at radius 1 is 1.37 bits per heavy atom. The van der Waals surface area contributed by atoms with Crippen molar-refractivity contribution in [3.63, 3.8) is 0 Å². The number of thioether (sulfide) groups is 1. The largest absolute Gasteiger partial charge is 0.338 e. The molecule has 1 aromatic heterocycles. The van der Waals surface area contributed by atoms with E-state index in [9.17, 15) is 0 Å². The topological polar surface area (TPSA) is 61.6 Å². The normalized spacial score (nSPS) is 9.95. The van der Waals surface area contributed by atoms with Gasteiger partial charge < -0.3 is 5.32 Å². The van der Waals surface area contributed by atoms with Crippen molar-refractivity contribution in [1.82, 2.24) is 9.97 Å². The van der Waals surface area contributed by atoms with E-state index in [-0.39, 0.29) is 5.69 Å². The maximum Gasteiger partial charge on any atom is 0.183 e. The molecule has 6 heteroatoms. The lowest BCUT2D eigenvalue weighted by Gasteiger charge is -2.09. The SMILES string of the molecule is CSCc1cc(Nc2nccnc2C#N)ccc1Cl. The zero-order valence-electron chi connectivity index (χ0n) is 10.2. The highest BCUT2D eigenvalue weighted by Crippen LogP contribution is 2.25. The fourth-order valence-electron chi connectivity index (χ4n) is 1.57. The molecular formula is C13H11ClN4S. The van der Waals surface area contributed by atoms with E-state index in [1.54, 1.807) is 18.0 Å². The average Bonchev–Trinajstić information content (AvgIpc) is 2.43. The van der Waals surface area contributed by atoms with Crippen LogP contribution in [-0.2, 0) is 5.75 Å². The Kier molecular flexibility index (Phi) is 4.61. The van der Waals surface area contributed by atoms with E-state index < -0.39 is 0 Å². The molecule has 2 aromatic rings. The predicted molar refractivity (Wildman–Crippen MR) is 78.7 cm³/mol. The van der Waals surface area contributed by atoms with Gasteiger partial charge in [0.25, 0.3) is 0 Å². The maximum absolute atomic E-state index is 8.96. The van der Waals surface area contributed by atoms with E-state index in [4.69, 9.17) is 16.9 Å². The van der Waals surface area contributed by atoms with Crippen LogP contribution in [0.3, 0.4) is 0 Å². The van der Waals surface area contributed by atoms with Gasteiger partial charge in [-0.1, -0.05) is 11.6 Å². The van der Waals surface area contributed by atoms with Gasteiger partial charge in [0.2, 0.25) is 0 Å². The Morgan fingerprint density at radius 2 is 2.16 bits per heavy atom. The molecule has 0 atom stereocenters. The third-order valence-electron chi connectivity index (χ3n) is 2.41. The molecule has 1 aromatic carbocycles. The lowest BCUT2D eigenvalue weighted by atomic mass is 10.2. The van der Waals surface area contributed by atoms with Gasteiger partial charge in [0, 0.05) is 28.9 Å². The minimum Gasteiger partial charge on any atom is -0.338 e. The molecule has 0 saturated carbocycles. The number of nitrogens with one attached hydrogen (secondary N) is 1. The number of hydrogen-bond acceptors (Lipinski definition) is 5. The summed E-state index contributed by atoms with van der Waals surface area (Å²) in [6, 6.07) is 7.63. The Morgan fingerprint density at radius 3 is 2.89 bits per heavy atom. The molecule has 0 unspecified atom stereocenters. The minimum absolute atomic E-state index is 0.267. The number of rotatable bonds is 4. The van der Waals surface area contributed by atoms with E-state index in [2.05, 4.69) is 15.3 Å². The summed E-state index contributed by atoms with van der Waals surface area (Å²) >= 11 is 7.81. The first-order valence-corrected chi connectivity index (χ1v) is 7.27. The van der Waals surface area contributed by atoms with Crippen LogP contribution in [0.5, 0.6) is 0 Å². The van der Waals surface area contributed by atoms with Crippen LogP contribution < -0.4 is 5.32 Å². The lowest BCUT2D eigenvalue weighted by molar-refractivity contribution is 1.16. The van der Waals surface area contributed by atoms with Gasteiger partial charge in [-0.2, -0.15) is 17.0 Å². The summed E-state index contributed by atoms with van der Waals surface area (Å²) in [5.41, 5.74) is 2.15. The fourth-order valence-corrected chi connectivity index (χ4v) is 2.38. The Labute approximate surface area is 120 Å². The standard InChI is InChI=1S/C13H11ClN4S/c1-19-8-9-6-10(2-3-11(9)14)18-13-12(7-15)16-4-5-17-13/h2-6H,8H2,1H3,(H,17,18). The van der Waals surface area contributed by atoms with Gasteiger partial charge >= 0.3 is 0 Å². The minimum atomic E-state index is 0.267. The molecule has 0 bridgehead atoms. The summed E-state index contributed by atoms with van der Waals surface area (Å²) in [6.07, 6.45) is 5.06. The maximum atomic E-state index is 8.96. The number of benzene rings is 1. The number of nitriles is 1. The summed E-state index contributed by atoms with van der Waals surface area (Å²) in [7, 11) is 0. The molecular weight excluding hydrogens is 280 g/mol. The van der Waals surface area contributed by atoms with Crippen LogP contribution >= 0.6 is 23.4 Å². The summed E-state index contributed by atoms with van der Waals surface area (Å²) in [4.78, 5) is 8.06. The molecule has 19 heavy (non-hydrogen) atoms. The molecule has 0 amide bonds. The molecule has 96 valence electrons. The van der Waals surface area contributed by atoms with Crippen molar-refractivity contribution in [2.75, 3.05) is 11.6 Å². The Bertz CT molecular complexity index is 624. The zero-order chi connectivity index (χ0) is 13.7. The zero-order valence-corrected chi connectivity index (χ0v) is 11.8. The van der Waals surface area contributed by atoms with Gasteiger partial charge in [-0.3, -0.25) is 0 Å². The highest BCUT2D eigenvalue weighted by molar-refractivity contribution is 7.97.